The van der Waals surface area contributed by atoms with Crippen LogP contribution in [0, 0.1) is 0 Å². The van der Waals surface area contributed by atoms with Crippen molar-refractivity contribution in [3.8, 4) is 0 Å². The van der Waals surface area contributed by atoms with E-state index < -0.39 is 0 Å². The molecule has 0 amide bonds. The van der Waals surface area contributed by atoms with E-state index in [-0.39, 0.29) is 6.10 Å². The Morgan fingerprint density at radius 3 is 2.12 bits per heavy atom. The molecule has 1 unspecified atom stereocenters. The lowest BCUT2D eigenvalue weighted by Gasteiger charge is -2.04. The van der Waals surface area contributed by atoms with Crippen molar-refractivity contribution in [3.05, 3.63) is 12.2 Å². The van der Waals surface area contributed by atoms with Gasteiger partial charge in [-0.25, -0.2) is 0 Å². The molecule has 0 spiro atoms. The highest BCUT2D eigenvalue weighted by atomic mass is 16.3. The first-order valence-corrected chi connectivity index (χ1v) is 7.16. The zero-order chi connectivity index (χ0) is 12.1. The quantitative estimate of drug-likeness (QED) is 0.394. The Labute approximate surface area is 102 Å². The van der Waals surface area contributed by atoms with Crippen LogP contribution in [0.25, 0.3) is 0 Å². The van der Waals surface area contributed by atoms with E-state index in [2.05, 4.69) is 19.9 Å². The first kappa shape index (κ1) is 15.7. The van der Waals surface area contributed by atoms with Crippen molar-refractivity contribution in [1.29, 1.82) is 0 Å². The van der Waals surface area contributed by atoms with E-state index in [0.29, 0.717) is 0 Å². The van der Waals surface area contributed by atoms with Crippen LogP contribution < -0.4 is 0 Å². The Morgan fingerprint density at radius 1 is 0.875 bits per heavy atom. The second kappa shape index (κ2) is 12.8. The van der Waals surface area contributed by atoms with Crippen LogP contribution in [-0.4, -0.2) is 11.2 Å². The molecular formula is C15H30O. The zero-order valence-electron chi connectivity index (χ0n) is 11.3. The predicted molar refractivity (Wildman–Crippen MR) is 72.7 cm³/mol. The topological polar surface area (TPSA) is 20.2 Å². The van der Waals surface area contributed by atoms with Gasteiger partial charge in [-0.3, -0.25) is 0 Å². The van der Waals surface area contributed by atoms with Crippen molar-refractivity contribution in [2.45, 2.75) is 84.2 Å². The zero-order valence-corrected chi connectivity index (χ0v) is 11.3. The maximum Gasteiger partial charge on any atom is 0.0720 e. The first-order valence-electron chi connectivity index (χ1n) is 7.16. The van der Waals surface area contributed by atoms with Gasteiger partial charge in [-0.05, 0) is 19.3 Å². The second-order valence-electron chi connectivity index (χ2n) is 4.69. The first-order chi connectivity index (χ1) is 7.81. The highest BCUT2D eigenvalue weighted by molar-refractivity contribution is 4.88. The monoisotopic (exact) mass is 226 g/mol. The van der Waals surface area contributed by atoms with Crippen LogP contribution >= 0.6 is 0 Å². The summed E-state index contributed by atoms with van der Waals surface area (Å²) in [5, 5.41) is 9.66. The molecule has 0 saturated carbocycles. The van der Waals surface area contributed by atoms with Crippen molar-refractivity contribution in [3.63, 3.8) is 0 Å². The Kier molecular flexibility index (Phi) is 12.5. The predicted octanol–water partition coefficient (Wildman–Crippen LogP) is 4.84. The molecule has 0 radical (unpaired) electrons. The van der Waals surface area contributed by atoms with Crippen molar-refractivity contribution in [1.82, 2.24) is 0 Å². The highest BCUT2D eigenvalue weighted by Gasteiger charge is 1.97. The minimum absolute atomic E-state index is 0.206. The number of rotatable bonds is 11. The van der Waals surface area contributed by atoms with E-state index >= 15 is 0 Å². The molecule has 0 heterocycles. The summed E-state index contributed by atoms with van der Waals surface area (Å²) in [5.41, 5.74) is 0. The number of unbranched alkanes of at least 4 members (excludes halogenated alkanes) is 7. The van der Waals surface area contributed by atoms with Crippen molar-refractivity contribution >= 4 is 0 Å². The lowest BCUT2D eigenvalue weighted by Crippen LogP contribution is -2.01. The molecule has 0 aromatic heterocycles. The van der Waals surface area contributed by atoms with Gasteiger partial charge in [0.2, 0.25) is 0 Å². The fraction of sp³-hybridized carbons (Fsp3) is 0.867. The molecule has 0 aromatic rings. The van der Waals surface area contributed by atoms with E-state index in [1.54, 1.807) is 0 Å². The third-order valence-corrected chi connectivity index (χ3v) is 2.94. The van der Waals surface area contributed by atoms with Crippen LogP contribution in [0.4, 0.5) is 0 Å². The molecule has 16 heavy (non-hydrogen) atoms. The molecule has 0 rings (SSSR count). The summed E-state index contributed by atoms with van der Waals surface area (Å²) >= 11 is 0. The number of aliphatic hydroxyl groups is 1. The van der Waals surface area contributed by atoms with Crippen LogP contribution in [-0.2, 0) is 0 Å². The van der Waals surface area contributed by atoms with Gasteiger partial charge in [0.15, 0.2) is 0 Å². The van der Waals surface area contributed by atoms with Gasteiger partial charge in [-0.2, -0.15) is 0 Å². The molecule has 0 aliphatic rings. The van der Waals surface area contributed by atoms with Gasteiger partial charge in [0.05, 0.1) is 6.10 Å². The van der Waals surface area contributed by atoms with Gasteiger partial charge >= 0.3 is 0 Å². The minimum Gasteiger partial charge on any atom is -0.389 e. The normalized spacial score (nSPS) is 13.4. The Bertz CT molecular complexity index is 152. The smallest absolute Gasteiger partial charge is 0.0720 e. The lowest BCUT2D eigenvalue weighted by molar-refractivity contribution is 0.207. The van der Waals surface area contributed by atoms with Crippen molar-refractivity contribution in [2.24, 2.45) is 0 Å². The summed E-state index contributed by atoms with van der Waals surface area (Å²) in [6, 6.07) is 0. The molecule has 1 N–H and O–H groups in total. The lowest BCUT2D eigenvalue weighted by atomic mass is 10.1. The molecule has 0 aliphatic heterocycles. The molecule has 1 nitrogen and oxygen atoms in total. The van der Waals surface area contributed by atoms with Crippen LogP contribution in [0.15, 0.2) is 12.2 Å². The summed E-state index contributed by atoms with van der Waals surface area (Å²) in [5.74, 6) is 0. The molecule has 0 aromatic carbocycles. The van der Waals surface area contributed by atoms with E-state index in [4.69, 9.17) is 0 Å². The van der Waals surface area contributed by atoms with Gasteiger partial charge < -0.3 is 5.11 Å². The minimum atomic E-state index is -0.206. The molecule has 1 atom stereocenters. The van der Waals surface area contributed by atoms with Crippen LogP contribution in [0.1, 0.15) is 78.1 Å². The van der Waals surface area contributed by atoms with Crippen molar-refractivity contribution in [2.75, 3.05) is 0 Å². The summed E-state index contributed by atoms with van der Waals surface area (Å²) < 4.78 is 0. The molecule has 96 valence electrons. The Hall–Kier alpha value is -0.300. The van der Waals surface area contributed by atoms with Gasteiger partial charge in [0.1, 0.15) is 0 Å². The third-order valence-electron chi connectivity index (χ3n) is 2.94. The molecule has 0 fully saturated rings. The molecule has 0 bridgehead atoms. The summed E-state index contributed by atoms with van der Waals surface area (Å²) in [4.78, 5) is 0. The van der Waals surface area contributed by atoms with Gasteiger partial charge in [-0.15, -0.1) is 0 Å². The van der Waals surface area contributed by atoms with Crippen LogP contribution in [0.3, 0.4) is 0 Å². The second-order valence-corrected chi connectivity index (χ2v) is 4.69. The highest BCUT2D eigenvalue weighted by Crippen LogP contribution is 2.08. The fourth-order valence-electron chi connectivity index (χ4n) is 1.82. The largest absolute Gasteiger partial charge is 0.389 e. The van der Waals surface area contributed by atoms with Gasteiger partial charge in [0, 0.05) is 0 Å². The van der Waals surface area contributed by atoms with Gasteiger partial charge in [-0.1, -0.05) is 70.9 Å². The maximum absolute atomic E-state index is 9.66. The van der Waals surface area contributed by atoms with E-state index in [1.807, 2.05) is 6.08 Å². The number of aliphatic hydroxyl groups excluding tert-OH is 1. The number of allylic oxidation sites excluding steroid dienone is 1. The Morgan fingerprint density at radius 2 is 1.50 bits per heavy atom. The SMILES string of the molecule is CCCCCCC=CC(O)CCCCCC. The molecule has 1 heteroatoms. The fourth-order valence-corrected chi connectivity index (χ4v) is 1.82. The van der Waals surface area contributed by atoms with Crippen LogP contribution in [0.2, 0.25) is 0 Å². The molecular weight excluding hydrogens is 196 g/mol. The van der Waals surface area contributed by atoms with Crippen molar-refractivity contribution < 1.29 is 5.11 Å². The molecule has 0 saturated heterocycles. The van der Waals surface area contributed by atoms with Crippen LogP contribution in [0.5, 0.6) is 0 Å². The molecule has 0 aliphatic carbocycles. The average molecular weight is 226 g/mol. The van der Waals surface area contributed by atoms with E-state index in [9.17, 15) is 5.11 Å². The maximum atomic E-state index is 9.66. The average Bonchev–Trinajstić information content (AvgIpc) is 2.29. The van der Waals surface area contributed by atoms with E-state index in [1.165, 1.54) is 44.9 Å². The van der Waals surface area contributed by atoms with Gasteiger partial charge in [0.25, 0.3) is 0 Å². The number of hydrogen-bond acceptors (Lipinski definition) is 1. The number of hydrogen-bond donors (Lipinski definition) is 1. The standard InChI is InChI=1S/C15H30O/c1-3-5-7-9-10-12-14-15(16)13-11-8-6-4-2/h12,14-16H,3-11,13H2,1-2H3. The summed E-state index contributed by atoms with van der Waals surface area (Å²) in [6.07, 6.45) is 16.2. The summed E-state index contributed by atoms with van der Waals surface area (Å²) in [6.45, 7) is 4.45. The Balaban J connectivity index is 3.26. The third kappa shape index (κ3) is 11.8. The summed E-state index contributed by atoms with van der Waals surface area (Å²) in [7, 11) is 0. The van der Waals surface area contributed by atoms with E-state index in [0.717, 1.165) is 19.3 Å².